The molecule has 1 aliphatic rings. The number of esters is 1. The molecule has 5 atom stereocenters. The third kappa shape index (κ3) is 5.59. The Morgan fingerprint density at radius 1 is 1.21 bits per heavy atom. The Morgan fingerprint density at radius 3 is 2.34 bits per heavy atom. The first-order chi connectivity index (χ1) is 13.5. The van der Waals surface area contributed by atoms with E-state index in [0.29, 0.717) is 13.0 Å². The summed E-state index contributed by atoms with van der Waals surface area (Å²) in [5, 5.41) is 0.0968. The number of rotatable bonds is 7. The zero-order valence-corrected chi connectivity index (χ0v) is 20.1. The molecule has 0 aliphatic heterocycles. The normalized spacial score (nSPS) is 28.0. The molecule has 2 rings (SSSR count). The van der Waals surface area contributed by atoms with Crippen molar-refractivity contribution in [3.8, 4) is 0 Å². The van der Waals surface area contributed by atoms with Gasteiger partial charge in [0.1, 0.15) is 0 Å². The van der Waals surface area contributed by atoms with Gasteiger partial charge >= 0.3 is 5.97 Å². The van der Waals surface area contributed by atoms with Gasteiger partial charge in [-0.15, -0.1) is 6.58 Å². The second kappa shape index (κ2) is 9.58. The van der Waals surface area contributed by atoms with E-state index in [1.807, 2.05) is 24.3 Å². The predicted octanol–water partition coefficient (Wildman–Crippen LogP) is 5.59. The minimum Gasteiger partial charge on any atom is -0.469 e. The maximum absolute atomic E-state index is 12.5. The zero-order valence-electron chi connectivity index (χ0n) is 19.1. The summed E-state index contributed by atoms with van der Waals surface area (Å²) in [6.07, 6.45) is 2.25. The minimum atomic E-state index is -2.01. The van der Waals surface area contributed by atoms with Gasteiger partial charge < -0.3 is 13.9 Å². The molecule has 1 fully saturated rings. The maximum atomic E-state index is 12.5. The van der Waals surface area contributed by atoms with Gasteiger partial charge in [-0.05, 0) is 36.0 Å². The molecule has 0 spiro atoms. The third-order valence-corrected chi connectivity index (χ3v) is 11.1. The lowest BCUT2D eigenvalue weighted by Crippen LogP contribution is -2.56. The van der Waals surface area contributed by atoms with E-state index in [9.17, 15) is 4.79 Å². The van der Waals surface area contributed by atoms with E-state index in [4.69, 9.17) is 13.9 Å². The Morgan fingerprint density at radius 2 is 1.83 bits per heavy atom. The minimum absolute atomic E-state index is 0.0801. The van der Waals surface area contributed by atoms with Crippen molar-refractivity contribution in [3.05, 3.63) is 48.6 Å². The number of hydrogen-bond donors (Lipinski definition) is 0. The van der Waals surface area contributed by atoms with Crippen LogP contribution in [0.4, 0.5) is 0 Å². The molecule has 0 heterocycles. The van der Waals surface area contributed by atoms with Crippen LogP contribution in [0.25, 0.3) is 0 Å². The fourth-order valence-electron chi connectivity index (χ4n) is 3.84. The highest BCUT2D eigenvalue weighted by molar-refractivity contribution is 6.74. The van der Waals surface area contributed by atoms with Crippen molar-refractivity contribution in [2.75, 3.05) is 7.11 Å². The van der Waals surface area contributed by atoms with Crippen LogP contribution in [0, 0.1) is 17.8 Å². The number of methoxy groups -OCH3 is 1. The topological polar surface area (TPSA) is 44.8 Å². The lowest BCUT2D eigenvalue weighted by molar-refractivity contribution is -0.161. The van der Waals surface area contributed by atoms with Crippen LogP contribution in [0.3, 0.4) is 0 Å². The van der Waals surface area contributed by atoms with Crippen molar-refractivity contribution in [3.63, 3.8) is 0 Å². The molecule has 1 saturated carbocycles. The van der Waals surface area contributed by atoms with Gasteiger partial charge in [0, 0.05) is 5.92 Å². The molecule has 0 N–H and O–H groups in total. The molecule has 4 nitrogen and oxygen atoms in total. The zero-order chi connectivity index (χ0) is 21.8. The molecule has 5 heteroatoms. The highest BCUT2D eigenvalue weighted by Crippen LogP contribution is 2.44. The van der Waals surface area contributed by atoms with E-state index >= 15 is 0 Å². The van der Waals surface area contributed by atoms with Crippen LogP contribution >= 0.6 is 0 Å². The first-order valence-electron chi connectivity index (χ1n) is 10.6. The quantitative estimate of drug-likeness (QED) is 0.329. The summed E-state index contributed by atoms with van der Waals surface area (Å²) >= 11 is 0. The molecule has 1 aliphatic carbocycles. The molecule has 0 radical (unpaired) electrons. The molecule has 1 aromatic carbocycles. The van der Waals surface area contributed by atoms with Gasteiger partial charge in [0.25, 0.3) is 0 Å². The second-order valence-corrected chi connectivity index (χ2v) is 14.5. The number of hydrogen-bond acceptors (Lipinski definition) is 4. The lowest BCUT2D eigenvalue weighted by atomic mass is 9.71. The Balaban J connectivity index is 2.34. The van der Waals surface area contributed by atoms with Crippen molar-refractivity contribution < 1.29 is 18.7 Å². The number of ether oxygens (including phenoxy) is 2. The van der Waals surface area contributed by atoms with Gasteiger partial charge in [-0.2, -0.15) is 0 Å². The maximum Gasteiger partial charge on any atom is 0.309 e. The third-order valence-electron chi connectivity index (χ3n) is 6.65. The number of carbonyl (C=O) groups is 1. The van der Waals surface area contributed by atoms with Crippen LogP contribution in [0.2, 0.25) is 18.1 Å². The Kier molecular flexibility index (Phi) is 7.88. The van der Waals surface area contributed by atoms with Crippen LogP contribution in [-0.2, 0) is 25.3 Å². The average Bonchev–Trinajstić information content (AvgIpc) is 2.67. The fraction of sp³-hybridized carbons (Fsp3) is 0.625. The summed E-state index contributed by atoms with van der Waals surface area (Å²) in [6.45, 7) is 17.9. The monoisotopic (exact) mass is 418 g/mol. The fourth-order valence-corrected chi connectivity index (χ4v) is 5.24. The van der Waals surface area contributed by atoms with Crippen molar-refractivity contribution in [1.29, 1.82) is 0 Å². The molecule has 0 unspecified atom stereocenters. The highest BCUT2D eigenvalue weighted by atomic mass is 28.4. The highest BCUT2D eigenvalue weighted by Gasteiger charge is 2.50. The molecule has 0 bridgehead atoms. The summed E-state index contributed by atoms with van der Waals surface area (Å²) in [7, 11) is -0.565. The van der Waals surface area contributed by atoms with E-state index in [-0.39, 0.29) is 41.0 Å². The number of benzene rings is 1. The molecule has 0 amide bonds. The van der Waals surface area contributed by atoms with E-state index in [0.717, 1.165) is 5.56 Å². The summed E-state index contributed by atoms with van der Waals surface area (Å²) in [5.41, 5.74) is 1.11. The Bertz CT molecular complexity index is 680. The van der Waals surface area contributed by atoms with Crippen LogP contribution in [0.1, 0.15) is 39.7 Å². The molecule has 0 aromatic heterocycles. The lowest BCUT2D eigenvalue weighted by Gasteiger charge is -2.48. The van der Waals surface area contributed by atoms with Crippen molar-refractivity contribution in [2.24, 2.45) is 17.8 Å². The van der Waals surface area contributed by atoms with Gasteiger partial charge in [0.2, 0.25) is 0 Å². The molecular weight excluding hydrogens is 380 g/mol. The van der Waals surface area contributed by atoms with E-state index < -0.39 is 8.32 Å². The predicted molar refractivity (Wildman–Crippen MR) is 120 cm³/mol. The summed E-state index contributed by atoms with van der Waals surface area (Å²) in [5.74, 6) is -0.407. The standard InChI is InChI=1S/C24H38O4Si/c1-9-19-20(23(25)26-6)15-17(2)21(28-29(7,8)24(3,4)5)22(19)27-16-18-13-11-10-12-14-18/h9-14,17,19-22H,1,15-16H2,2-8H3/t17-,19-,20+,21-,22-/m1/s1. The molecule has 29 heavy (non-hydrogen) atoms. The summed E-state index contributed by atoms with van der Waals surface area (Å²) < 4.78 is 18.4. The summed E-state index contributed by atoms with van der Waals surface area (Å²) in [4.78, 5) is 12.5. The molecular formula is C24H38O4Si. The van der Waals surface area contributed by atoms with E-state index in [2.05, 4.69) is 59.5 Å². The molecule has 0 saturated heterocycles. The summed E-state index contributed by atoms with van der Waals surface area (Å²) in [6, 6.07) is 10.1. The Hall–Kier alpha value is -1.43. The SMILES string of the molecule is C=C[C@H]1[C@@H](OCc2ccccc2)[C@H](O[Si](C)(C)C(C)(C)C)[C@H](C)C[C@@H]1C(=O)OC. The van der Waals surface area contributed by atoms with Crippen LogP contribution in [-0.4, -0.2) is 33.6 Å². The van der Waals surface area contributed by atoms with Crippen molar-refractivity contribution >= 4 is 14.3 Å². The van der Waals surface area contributed by atoms with Gasteiger partial charge in [0.05, 0.1) is 31.8 Å². The average molecular weight is 419 g/mol. The van der Waals surface area contributed by atoms with E-state index in [1.165, 1.54) is 7.11 Å². The largest absolute Gasteiger partial charge is 0.469 e. The first-order valence-corrected chi connectivity index (χ1v) is 13.5. The smallest absolute Gasteiger partial charge is 0.309 e. The Labute approximate surface area is 177 Å². The van der Waals surface area contributed by atoms with E-state index in [1.54, 1.807) is 0 Å². The molecule has 162 valence electrons. The van der Waals surface area contributed by atoms with Crippen LogP contribution in [0.5, 0.6) is 0 Å². The second-order valence-electron chi connectivity index (χ2n) is 9.76. The number of carbonyl (C=O) groups excluding carboxylic acids is 1. The van der Waals surface area contributed by atoms with Crippen molar-refractivity contribution in [2.45, 2.75) is 71.1 Å². The van der Waals surface area contributed by atoms with Crippen molar-refractivity contribution in [1.82, 2.24) is 0 Å². The first kappa shape index (κ1) is 23.8. The van der Waals surface area contributed by atoms with Gasteiger partial charge in [-0.1, -0.05) is 64.1 Å². The molecule has 1 aromatic rings. The van der Waals surface area contributed by atoms with Gasteiger partial charge in [-0.3, -0.25) is 4.79 Å². The van der Waals surface area contributed by atoms with Crippen LogP contribution in [0.15, 0.2) is 43.0 Å². The van der Waals surface area contributed by atoms with Crippen LogP contribution < -0.4 is 0 Å². The van der Waals surface area contributed by atoms with Gasteiger partial charge in [-0.25, -0.2) is 0 Å². The van der Waals surface area contributed by atoms with Gasteiger partial charge in [0.15, 0.2) is 8.32 Å².